The Hall–Kier alpha value is -2.07. The molecule has 1 aromatic carbocycles. The highest BCUT2D eigenvalue weighted by molar-refractivity contribution is 5.89. The summed E-state index contributed by atoms with van der Waals surface area (Å²) in [7, 11) is 0. The molecule has 4 heteroatoms. The van der Waals surface area contributed by atoms with Gasteiger partial charge in [-0.05, 0) is 51.8 Å². The van der Waals surface area contributed by atoms with Gasteiger partial charge in [0.1, 0.15) is 5.75 Å². The Morgan fingerprint density at radius 2 is 1.95 bits per heavy atom. The van der Waals surface area contributed by atoms with Gasteiger partial charge in [0, 0.05) is 5.56 Å². The number of phenolic OH excluding ortho intramolecular Hbond substituents is 1. The molecule has 4 nitrogen and oxygen atoms in total. The van der Waals surface area contributed by atoms with E-state index in [1.165, 1.54) is 23.8 Å². The molecule has 0 spiro atoms. The minimum atomic E-state index is -1.13. The summed E-state index contributed by atoms with van der Waals surface area (Å²) in [5, 5.41) is 28.8. The van der Waals surface area contributed by atoms with Gasteiger partial charge >= 0.3 is 5.97 Å². The third-order valence-corrected chi connectivity index (χ3v) is 3.12. The van der Waals surface area contributed by atoms with Crippen LogP contribution in [-0.4, -0.2) is 21.3 Å². The summed E-state index contributed by atoms with van der Waals surface area (Å²) in [5.41, 5.74) is 2.40. The van der Waals surface area contributed by atoms with Crippen molar-refractivity contribution in [3.63, 3.8) is 0 Å². The zero-order valence-electron chi connectivity index (χ0n) is 12.6. The number of carbonyl (C=O) groups is 1. The van der Waals surface area contributed by atoms with Crippen molar-refractivity contribution >= 4 is 5.97 Å². The smallest absolute Gasteiger partial charge is 0.336 e. The minimum Gasteiger partial charge on any atom is -0.508 e. The molecule has 1 unspecified atom stereocenters. The molecule has 0 saturated carbocycles. The third-order valence-electron chi connectivity index (χ3n) is 3.12. The van der Waals surface area contributed by atoms with Gasteiger partial charge < -0.3 is 15.3 Å². The summed E-state index contributed by atoms with van der Waals surface area (Å²) in [5.74, 6) is -1.19. The third kappa shape index (κ3) is 5.44. The Morgan fingerprint density at radius 3 is 2.52 bits per heavy atom. The molecule has 0 aliphatic heterocycles. The topological polar surface area (TPSA) is 77.8 Å². The van der Waals surface area contributed by atoms with E-state index >= 15 is 0 Å². The van der Waals surface area contributed by atoms with Gasteiger partial charge in [-0.2, -0.15) is 0 Å². The lowest BCUT2D eigenvalue weighted by atomic mass is 9.99. The molecule has 0 amide bonds. The molecule has 1 aromatic rings. The summed E-state index contributed by atoms with van der Waals surface area (Å²) in [4.78, 5) is 11.1. The van der Waals surface area contributed by atoms with Crippen molar-refractivity contribution in [2.24, 2.45) is 0 Å². The van der Waals surface area contributed by atoms with Crippen LogP contribution in [0.3, 0.4) is 0 Å². The van der Waals surface area contributed by atoms with Gasteiger partial charge in [0.2, 0.25) is 0 Å². The fraction of sp³-hybridized carbons (Fsp3) is 0.353. The van der Waals surface area contributed by atoms with Crippen molar-refractivity contribution in [2.75, 3.05) is 0 Å². The van der Waals surface area contributed by atoms with Gasteiger partial charge in [0.15, 0.2) is 0 Å². The second kappa shape index (κ2) is 7.64. The van der Waals surface area contributed by atoms with Crippen LogP contribution in [0.5, 0.6) is 5.75 Å². The van der Waals surface area contributed by atoms with E-state index in [-0.39, 0.29) is 16.9 Å². The van der Waals surface area contributed by atoms with Crippen LogP contribution < -0.4 is 0 Å². The number of aromatic hydroxyl groups is 1. The fourth-order valence-corrected chi connectivity index (χ4v) is 2.02. The molecular weight excluding hydrogens is 268 g/mol. The number of aliphatic hydroxyl groups is 1. The molecule has 0 aliphatic rings. The number of phenols is 1. The number of carboxylic acid groups (broad SMARTS) is 1. The predicted octanol–water partition coefficient (Wildman–Crippen LogP) is 3.82. The fourth-order valence-electron chi connectivity index (χ4n) is 2.02. The molecule has 0 radical (unpaired) electrons. The summed E-state index contributed by atoms with van der Waals surface area (Å²) in [6, 6.07) is 3.88. The lowest BCUT2D eigenvalue weighted by Crippen LogP contribution is -2.06. The number of hydrogen-bond acceptors (Lipinski definition) is 3. The summed E-state index contributed by atoms with van der Waals surface area (Å²) >= 11 is 0. The number of rotatable bonds is 6. The first-order valence-electron chi connectivity index (χ1n) is 6.86. The number of aliphatic hydroxyl groups excluding tert-OH is 1. The van der Waals surface area contributed by atoms with E-state index in [9.17, 15) is 15.0 Å². The van der Waals surface area contributed by atoms with Crippen molar-refractivity contribution in [3.05, 3.63) is 52.6 Å². The number of benzene rings is 1. The van der Waals surface area contributed by atoms with Crippen LogP contribution in [0, 0.1) is 0 Å². The van der Waals surface area contributed by atoms with Crippen LogP contribution in [0.25, 0.3) is 0 Å². The quantitative estimate of drug-likeness (QED) is 0.696. The van der Waals surface area contributed by atoms with E-state index in [1.54, 1.807) is 6.08 Å². The zero-order chi connectivity index (χ0) is 16.0. The van der Waals surface area contributed by atoms with Gasteiger partial charge in [0.05, 0.1) is 11.7 Å². The van der Waals surface area contributed by atoms with E-state index < -0.39 is 12.1 Å². The van der Waals surface area contributed by atoms with Gasteiger partial charge in [-0.3, -0.25) is 0 Å². The standard InChI is InChI=1S/C17H22O4/c1-11(2)5-4-6-12(3)9-16(19)15-10-13(18)7-8-14(15)17(20)21/h5,7-10,16,18-19H,4,6H2,1-3H3,(H,20,21)/b12-9+. The van der Waals surface area contributed by atoms with Crippen LogP contribution >= 0.6 is 0 Å². The maximum Gasteiger partial charge on any atom is 0.336 e. The zero-order valence-corrected chi connectivity index (χ0v) is 12.6. The molecule has 0 aromatic heterocycles. The van der Waals surface area contributed by atoms with E-state index in [0.717, 1.165) is 18.4 Å². The van der Waals surface area contributed by atoms with Gasteiger partial charge in [0.25, 0.3) is 0 Å². The molecule has 114 valence electrons. The number of allylic oxidation sites excluding steroid dienone is 3. The molecule has 3 N–H and O–H groups in total. The Morgan fingerprint density at radius 1 is 1.29 bits per heavy atom. The Balaban J connectivity index is 2.92. The largest absolute Gasteiger partial charge is 0.508 e. The predicted molar refractivity (Wildman–Crippen MR) is 82.4 cm³/mol. The molecule has 0 aliphatic carbocycles. The van der Waals surface area contributed by atoms with Crippen LogP contribution in [-0.2, 0) is 0 Å². The van der Waals surface area contributed by atoms with E-state index in [4.69, 9.17) is 5.11 Å². The second-order valence-electron chi connectivity index (χ2n) is 5.35. The SMILES string of the molecule is CC(C)=CCC/C(C)=C/C(O)c1cc(O)ccc1C(=O)O. The maximum atomic E-state index is 11.1. The van der Waals surface area contributed by atoms with Crippen LogP contribution in [0.4, 0.5) is 0 Å². The van der Waals surface area contributed by atoms with Crippen molar-refractivity contribution < 1.29 is 20.1 Å². The normalized spacial score (nSPS) is 12.9. The Bertz CT molecular complexity index is 566. The monoisotopic (exact) mass is 290 g/mol. The van der Waals surface area contributed by atoms with Gasteiger partial charge in [-0.25, -0.2) is 4.79 Å². The first-order valence-corrected chi connectivity index (χ1v) is 6.86. The highest BCUT2D eigenvalue weighted by atomic mass is 16.4. The lowest BCUT2D eigenvalue weighted by molar-refractivity contribution is 0.0691. The average Bonchev–Trinajstić information content (AvgIpc) is 2.37. The summed E-state index contributed by atoms with van der Waals surface area (Å²) in [6.45, 7) is 5.95. The van der Waals surface area contributed by atoms with E-state index in [0.29, 0.717) is 0 Å². The van der Waals surface area contributed by atoms with E-state index in [2.05, 4.69) is 6.08 Å². The van der Waals surface area contributed by atoms with Crippen molar-refractivity contribution in [3.8, 4) is 5.75 Å². The number of aromatic carboxylic acids is 1. The van der Waals surface area contributed by atoms with Crippen molar-refractivity contribution in [1.82, 2.24) is 0 Å². The number of hydrogen-bond donors (Lipinski definition) is 3. The van der Waals surface area contributed by atoms with Crippen LogP contribution in [0.15, 0.2) is 41.5 Å². The van der Waals surface area contributed by atoms with Crippen molar-refractivity contribution in [1.29, 1.82) is 0 Å². The maximum absolute atomic E-state index is 11.1. The molecule has 0 saturated heterocycles. The average molecular weight is 290 g/mol. The first-order chi connectivity index (χ1) is 9.81. The first kappa shape index (κ1) is 17.0. The summed E-state index contributed by atoms with van der Waals surface area (Å²) in [6.07, 6.45) is 4.36. The van der Waals surface area contributed by atoms with Crippen LogP contribution in [0.1, 0.15) is 55.6 Å². The van der Waals surface area contributed by atoms with Crippen LogP contribution in [0.2, 0.25) is 0 Å². The molecular formula is C17H22O4. The Labute approximate surface area is 125 Å². The highest BCUT2D eigenvalue weighted by Crippen LogP contribution is 2.25. The van der Waals surface area contributed by atoms with Gasteiger partial charge in [-0.1, -0.05) is 23.3 Å². The summed E-state index contributed by atoms with van der Waals surface area (Å²) < 4.78 is 0. The second-order valence-corrected chi connectivity index (χ2v) is 5.35. The molecule has 1 rings (SSSR count). The minimum absolute atomic E-state index is 0.00588. The van der Waals surface area contributed by atoms with Crippen molar-refractivity contribution in [2.45, 2.75) is 39.7 Å². The lowest BCUT2D eigenvalue weighted by Gasteiger charge is -2.12. The Kier molecular flexibility index (Phi) is 6.18. The molecule has 21 heavy (non-hydrogen) atoms. The molecule has 0 heterocycles. The molecule has 0 bridgehead atoms. The highest BCUT2D eigenvalue weighted by Gasteiger charge is 2.16. The van der Waals surface area contributed by atoms with E-state index in [1.807, 2.05) is 20.8 Å². The number of carboxylic acids is 1. The molecule has 1 atom stereocenters. The van der Waals surface area contributed by atoms with Gasteiger partial charge in [-0.15, -0.1) is 0 Å². The molecule has 0 fully saturated rings.